The average molecular weight is 455 g/mol. The van der Waals surface area contributed by atoms with Gasteiger partial charge < -0.3 is 19.2 Å². The van der Waals surface area contributed by atoms with Crippen molar-refractivity contribution < 1.29 is 18.7 Å². The third-order valence-corrected chi connectivity index (χ3v) is 7.13. The van der Waals surface area contributed by atoms with Gasteiger partial charge >= 0.3 is 0 Å². The van der Waals surface area contributed by atoms with Crippen LogP contribution in [-0.2, 0) is 6.42 Å². The average Bonchev–Trinajstić information content (AvgIpc) is 3.51. The van der Waals surface area contributed by atoms with E-state index in [2.05, 4.69) is 29.3 Å². The van der Waals surface area contributed by atoms with Crippen molar-refractivity contribution >= 4 is 22.2 Å². The number of rotatable bonds is 8. The number of benzene rings is 1. The number of piperidine rings is 1. The van der Waals surface area contributed by atoms with E-state index in [1.54, 1.807) is 37.7 Å². The Hall–Kier alpha value is -2.77. The number of amides is 1. The molecule has 1 amide bonds. The van der Waals surface area contributed by atoms with Crippen LogP contribution in [0.4, 0.5) is 5.00 Å². The van der Waals surface area contributed by atoms with E-state index in [9.17, 15) is 4.79 Å². The number of ether oxygens (including phenoxy) is 2. The van der Waals surface area contributed by atoms with Crippen molar-refractivity contribution in [1.29, 1.82) is 0 Å². The molecule has 7 heteroatoms. The minimum absolute atomic E-state index is 0.0281. The molecule has 0 aliphatic carbocycles. The molecule has 2 aromatic heterocycles. The zero-order valence-corrected chi connectivity index (χ0v) is 19.7. The third kappa shape index (κ3) is 4.69. The smallest absolute Gasteiger partial charge is 0.291 e. The van der Waals surface area contributed by atoms with Gasteiger partial charge in [0.25, 0.3) is 5.91 Å². The molecular weight excluding hydrogens is 424 g/mol. The fraction of sp³-hybridized carbons (Fsp3) is 0.400. The number of thiophene rings is 1. The summed E-state index contributed by atoms with van der Waals surface area (Å²) in [4.78, 5) is 16.5. The zero-order chi connectivity index (χ0) is 22.5. The molecule has 1 N–H and O–H groups in total. The highest BCUT2D eigenvalue weighted by Crippen LogP contribution is 2.44. The second-order valence-electron chi connectivity index (χ2n) is 7.89. The zero-order valence-electron chi connectivity index (χ0n) is 18.8. The number of aryl methyl sites for hydroxylation is 1. The molecule has 6 nitrogen and oxygen atoms in total. The van der Waals surface area contributed by atoms with E-state index < -0.39 is 0 Å². The van der Waals surface area contributed by atoms with Crippen LogP contribution >= 0.6 is 11.3 Å². The number of likely N-dealkylation sites (tertiary alicyclic amines) is 1. The Morgan fingerprint density at radius 2 is 1.94 bits per heavy atom. The maximum absolute atomic E-state index is 12.8. The minimum atomic E-state index is -0.236. The van der Waals surface area contributed by atoms with Crippen molar-refractivity contribution in [2.75, 3.05) is 32.6 Å². The summed E-state index contributed by atoms with van der Waals surface area (Å²) in [6, 6.07) is 11.6. The Morgan fingerprint density at radius 1 is 1.12 bits per heavy atom. The number of hydrogen-bond donors (Lipinski definition) is 1. The second kappa shape index (κ2) is 10.2. The van der Waals surface area contributed by atoms with Gasteiger partial charge in [-0.2, -0.15) is 0 Å². The Bertz CT molecular complexity index is 1040. The fourth-order valence-corrected chi connectivity index (χ4v) is 5.31. The maximum atomic E-state index is 12.8. The van der Waals surface area contributed by atoms with E-state index in [0.717, 1.165) is 60.0 Å². The Labute approximate surface area is 193 Å². The number of carbonyl (C=O) groups excluding carboxylic acids is 1. The number of nitrogens with zero attached hydrogens (tertiary/aromatic N) is 1. The maximum Gasteiger partial charge on any atom is 0.291 e. The molecule has 1 saturated heterocycles. The summed E-state index contributed by atoms with van der Waals surface area (Å²) < 4.78 is 16.5. The van der Waals surface area contributed by atoms with Gasteiger partial charge in [0.2, 0.25) is 0 Å². The van der Waals surface area contributed by atoms with Crippen molar-refractivity contribution in [3.63, 3.8) is 0 Å². The summed E-state index contributed by atoms with van der Waals surface area (Å²) in [6.45, 7) is 4.14. The summed E-state index contributed by atoms with van der Waals surface area (Å²) in [7, 11) is 3.35. The molecule has 4 rings (SSSR count). The number of furan rings is 1. The first kappa shape index (κ1) is 22.4. The Morgan fingerprint density at radius 3 is 2.59 bits per heavy atom. The standard InChI is InChI=1S/C25H30N2O4S/c1-4-18-16-20(25(32-18)26-24(28)21-9-8-14-31-21)23(27-12-6-5-7-13-27)19-11-10-17(29-2)15-22(19)30-3/h8-11,14-16,23H,4-7,12-13H2,1-3H3,(H,26,28)/t23-/m1/s1. The molecule has 0 spiro atoms. The molecule has 0 saturated carbocycles. The molecule has 1 fully saturated rings. The minimum Gasteiger partial charge on any atom is -0.497 e. The topological polar surface area (TPSA) is 63.9 Å². The summed E-state index contributed by atoms with van der Waals surface area (Å²) in [5, 5.41) is 3.97. The fourth-order valence-electron chi connectivity index (χ4n) is 4.29. The first-order valence-corrected chi connectivity index (χ1v) is 11.9. The van der Waals surface area contributed by atoms with E-state index >= 15 is 0 Å². The van der Waals surface area contributed by atoms with Crippen molar-refractivity contribution in [2.45, 2.75) is 38.6 Å². The normalized spacial score (nSPS) is 15.3. The number of methoxy groups -OCH3 is 2. The van der Waals surface area contributed by atoms with Crippen LogP contribution in [0.15, 0.2) is 47.1 Å². The molecule has 0 unspecified atom stereocenters. The van der Waals surface area contributed by atoms with Crippen LogP contribution in [-0.4, -0.2) is 38.1 Å². The van der Waals surface area contributed by atoms with Crippen LogP contribution < -0.4 is 14.8 Å². The van der Waals surface area contributed by atoms with Gasteiger partial charge in [-0.25, -0.2) is 0 Å². The molecule has 1 aliphatic rings. The lowest BCUT2D eigenvalue weighted by Crippen LogP contribution is -2.34. The van der Waals surface area contributed by atoms with E-state index in [0.29, 0.717) is 5.76 Å². The van der Waals surface area contributed by atoms with Gasteiger partial charge in [0.05, 0.1) is 26.5 Å². The lowest BCUT2D eigenvalue weighted by atomic mass is 9.94. The van der Waals surface area contributed by atoms with Gasteiger partial charge in [0, 0.05) is 22.1 Å². The number of anilines is 1. The summed E-state index contributed by atoms with van der Waals surface area (Å²) in [6.07, 6.45) is 5.98. The molecule has 1 aromatic carbocycles. The van der Waals surface area contributed by atoms with Crippen molar-refractivity contribution in [3.05, 3.63) is 64.4 Å². The third-order valence-electron chi connectivity index (χ3n) is 5.92. The van der Waals surface area contributed by atoms with Gasteiger partial charge in [-0.3, -0.25) is 9.69 Å². The van der Waals surface area contributed by atoms with Gasteiger partial charge in [-0.05, 0) is 62.7 Å². The molecular formula is C25H30N2O4S. The van der Waals surface area contributed by atoms with Crippen LogP contribution in [0.1, 0.15) is 58.8 Å². The lowest BCUT2D eigenvalue weighted by Gasteiger charge is -2.36. The van der Waals surface area contributed by atoms with Crippen molar-refractivity contribution in [1.82, 2.24) is 4.90 Å². The highest BCUT2D eigenvalue weighted by Gasteiger charge is 2.31. The SMILES string of the molecule is CCc1cc([C@@H](c2ccc(OC)cc2OC)N2CCCCC2)c(NC(=O)c2ccco2)s1. The van der Waals surface area contributed by atoms with Gasteiger partial charge in [-0.15, -0.1) is 11.3 Å². The van der Waals surface area contributed by atoms with Crippen LogP contribution in [0.2, 0.25) is 0 Å². The molecule has 3 aromatic rings. The summed E-state index contributed by atoms with van der Waals surface area (Å²) >= 11 is 1.63. The lowest BCUT2D eigenvalue weighted by molar-refractivity contribution is 0.0996. The second-order valence-corrected chi connectivity index (χ2v) is 9.03. The predicted molar refractivity (Wildman–Crippen MR) is 127 cm³/mol. The number of carbonyl (C=O) groups is 1. The largest absolute Gasteiger partial charge is 0.497 e. The van der Waals surface area contributed by atoms with Crippen molar-refractivity contribution in [3.8, 4) is 11.5 Å². The van der Waals surface area contributed by atoms with Gasteiger partial charge in [0.15, 0.2) is 5.76 Å². The monoisotopic (exact) mass is 454 g/mol. The molecule has 0 radical (unpaired) electrons. The van der Waals surface area contributed by atoms with Gasteiger partial charge in [0.1, 0.15) is 16.5 Å². The van der Waals surface area contributed by atoms with Crippen LogP contribution in [0.3, 0.4) is 0 Å². The van der Waals surface area contributed by atoms with E-state index in [-0.39, 0.29) is 11.9 Å². The predicted octanol–water partition coefficient (Wildman–Crippen LogP) is 5.75. The summed E-state index contributed by atoms with van der Waals surface area (Å²) in [5.74, 6) is 1.61. The first-order valence-electron chi connectivity index (χ1n) is 11.1. The Kier molecular flexibility index (Phi) is 7.17. The van der Waals surface area contributed by atoms with E-state index in [1.807, 2.05) is 12.1 Å². The molecule has 1 atom stereocenters. The summed E-state index contributed by atoms with van der Waals surface area (Å²) in [5.41, 5.74) is 2.17. The molecule has 3 heterocycles. The Balaban J connectivity index is 1.79. The number of hydrogen-bond acceptors (Lipinski definition) is 6. The first-order chi connectivity index (χ1) is 15.6. The van der Waals surface area contributed by atoms with Crippen LogP contribution in [0.25, 0.3) is 0 Å². The van der Waals surface area contributed by atoms with Crippen LogP contribution in [0.5, 0.6) is 11.5 Å². The quantitative estimate of drug-likeness (QED) is 0.470. The molecule has 0 bridgehead atoms. The highest BCUT2D eigenvalue weighted by atomic mass is 32.1. The van der Waals surface area contributed by atoms with Crippen molar-refractivity contribution in [2.24, 2.45) is 0 Å². The van der Waals surface area contributed by atoms with Crippen LogP contribution in [0, 0.1) is 0 Å². The van der Waals surface area contributed by atoms with E-state index in [1.165, 1.54) is 17.6 Å². The van der Waals surface area contributed by atoms with E-state index in [4.69, 9.17) is 13.9 Å². The highest BCUT2D eigenvalue weighted by molar-refractivity contribution is 7.16. The van der Waals surface area contributed by atoms with Gasteiger partial charge in [-0.1, -0.05) is 13.3 Å². The number of nitrogens with one attached hydrogen (secondary N) is 1. The molecule has 1 aliphatic heterocycles. The molecule has 32 heavy (non-hydrogen) atoms. The molecule has 170 valence electrons.